The summed E-state index contributed by atoms with van der Waals surface area (Å²) < 4.78 is 32.1. The third-order valence-corrected chi connectivity index (χ3v) is 10.8. The van der Waals surface area contributed by atoms with Gasteiger partial charge < -0.3 is 14.8 Å². The summed E-state index contributed by atoms with van der Waals surface area (Å²) in [5.41, 5.74) is 3.92. The lowest BCUT2D eigenvalue weighted by molar-refractivity contribution is -0.120. The summed E-state index contributed by atoms with van der Waals surface area (Å²) in [6, 6.07) is 8.96. The van der Waals surface area contributed by atoms with Crippen LogP contribution >= 0.6 is 0 Å². The quantitative estimate of drug-likeness (QED) is 0.200. The number of anilines is 4. The number of urea groups is 1. The van der Waals surface area contributed by atoms with Crippen LogP contribution in [0.1, 0.15) is 50.5 Å². The molecular weight excluding hydrogens is 707 g/mol. The summed E-state index contributed by atoms with van der Waals surface area (Å²) in [4.78, 5) is 54.9. The number of pyridine rings is 2. The number of nitrogens with zero attached hydrogens (tertiary/aromatic N) is 10. The average molecular weight is 751 g/mol. The predicted molar refractivity (Wildman–Crippen MR) is 205 cm³/mol. The first-order valence-electron chi connectivity index (χ1n) is 18.8. The van der Waals surface area contributed by atoms with Crippen LogP contribution in [0.15, 0.2) is 55.1 Å². The zero-order valence-corrected chi connectivity index (χ0v) is 31.2. The fraction of sp³-hybridized carbons (Fsp3) is 0.410. The molecule has 0 bridgehead atoms. The van der Waals surface area contributed by atoms with E-state index < -0.39 is 17.7 Å². The lowest BCUT2D eigenvalue weighted by Gasteiger charge is -2.43. The number of aryl methyl sites for hydroxylation is 1. The van der Waals surface area contributed by atoms with Crippen molar-refractivity contribution in [3.8, 4) is 11.3 Å². The van der Waals surface area contributed by atoms with Crippen LogP contribution in [0, 0.1) is 18.6 Å². The second-order valence-electron chi connectivity index (χ2n) is 14.7. The molecule has 7 heterocycles. The number of piperazine rings is 1. The first-order chi connectivity index (χ1) is 26.6. The van der Waals surface area contributed by atoms with E-state index in [2.05, 4.69) is 50.3 Å². The number of carbonyl (C=O) groups excluding carboxylic acids is 2. The fourth-order valence-corrected chi connectivity index (χ4v) is 8.05. The van der Waals surface area contributed by atoms with Gasteiger partial charge in [-0.1, -0.05) is 0 Å². The standard InChI is InChI=1S/C39H44F2N12O2/c1-24(2)53-25(3)45-37-30(40)18-27(19-32(37)53)36-31(41)21-44-38(48-36)46-34-5-4-29(20-43-34)50-11-7-28(8-12-50)51-16-14-49(15-17-51)23-26-6-10-42-22-33(26)52-13-9-35(54)47-39(52)55/h4-6,10,18-22,24,28H,7-9,11-17,23H2,1-3H3,(H,47,54,55)(H,43,44,46,48). The number of fused-ring (bicyclic) bond motifs is 1. The van der Waals surface area contributed by atoms with Gasteiger partial charge in [0.2, 0.25) is 11.9 Å². The van der Waals surface area contributed by atoms with E-state index in [0.29, 0.717) is 35.3 Å². The third kappa shape index (κ3) is 7.56. The minimum Gasteiger partial charge on any atom is -0.370 e. The molecule has 55 heavy (non-hydrogen) atoms. The number of imide groups is 1. The molecule has 14 nitrogen and oxygen atoms in total. The topological polar surface area (TPSA) is 141 Å². The van der Waals surface area contributed by atoms with Gasteiger partial charge in [0.1, 0.15) is 22.9 Å². The number of hydrogen-bond acceptors (Lipinski definition) is 11. The molecule has 0 spiro atoms. The molecule has 0 radical (unpaired) electrons. The number of rotatable bonds is 9. The van der Waals surface area contributed by atoms with E-state index in [1.165, 1.54) is 6.07 Å². The van der Waals surface area contributed by atoms with E-state index in [1.807, 2.05) is 49.7 Å². The van der Waals surface area contributed by atoms with Crippen LogP contribution in [0.3, 0.4) is 0 Å². The second kappa shape index (κ2) is 15.3. The Labute approximate surface area is 317 Å². The maximum absolute atomic E-state index is 15.1. The van der Waals surface area contributed by atoms with Crippen LogP contribution in [0.2, 0.25) is 0 Å². The summed E-state index contributed by atoms with van der Waals surface area (Å²) in [6.07, 6.45) is 8.74. The molecule has 3 saturated heterocycles. The van der Waals surface area contributed by atoms with Crippen LogP contribution < -0.4 is 20.4 Å². The van der Waals surface area contributed by atoms with Gasteiger partial charge in [-0.3, -0.25) is 29.8 Å². The van der Waals surface area contributed by atoms with Crippen molar-refractivity contribution in [1.82, 2.24) is 44.6 Å². The summed E-state index contributed by atoms with van der Waals surface area (Å²) in [6.45, 7) is 12.5. The molecule has 0 saturated carbocycles. The third-order valence-electron chi connectivity index (χ3n) is 10.8. The number of piperidine rings is 1. The van der Waals surface area contributed by atoms with E-state index in [1.54, 1.807) is 23.4 Å². The highest BCUT2D eigenvalue weighted by molar-refractivity contribution is 6.05. The molecule has 8 rings (SSSR count). The smallest absolute Gasteiger partial charge is 0.328 e. The Morgan fingerprint density at radius 1 is 0.909 bits per heavy atom. The Balaban J connectivity index is 0.847. The van der Waals surface area contributed by atoms with E-state index in [-0.39, 0.29) is 35.5 Å². The molecule has 0 unspecified atom stereocenters. The van der Waals surface area contributed by atoms with Crippen LogP contribution in [0.5, 0.6) is 0 Å². The summed E-state index contributed by atoms with van der Waals surface area (Å²) in [7, 11) is 0. The maximum Gasteiger partial charge on any atom is 0.328 e. The average Bonchev–Trinajstić information content (AvgIpc) is 3.53. The first kappa shape index (κ1) is 36.4. The number of benzene rings is 1. The SMILES string of the molecule is Cc1nc2c(F)cc(-c3nc(Nc4ccc(N5CCC(N6CCN(Cc7ccncc7N7CCC(=O)NC7=O)CC6)CC5)cn4)ncc3F)cc2n1C(C)C. The van der Waals surface area contributed by atoms with Crippen LogP contribution in [0.4, 0.5) is 36.7 Å². The Morgan fingerprint density at radius 2 is 1.71 bits per heavy atom. The Morgan fingerprint density at radius 3 is 2.44 bits per heavy atom. The van der Waals surface area contributed by atoms with Crippen molar-refractivity contribution >= 4 is 46.1 Å². The molecule has 3 amide bonds. The van der Waals surface area contributed by atoms with Crippen molar-refractivity contribution < 1.29 is 18.4 Å². The van der Waals surface area contributed by atoms with Crippen molar-refractivity contribution in [2.75, 3.05) is 60.9 Å². The Kier molecular flexibility index (Phi) is 10.1. The molecular formula is C39H44F2N12O2. The summed E-state index contributed by atoms with van der Waals surface area (Å²) in [5, 5.41) is 5.48. The van der Waals surface area contributed by atoms with Gasteiger partial charge in [0, 0.05) is 82.6 Å². The van der Waals surface area contributed by atoms with Crippen LogP contribution in [-0.2, 0) is 11.3 Å². The number of imidazole rings is 1. The molecule has 0 aliphatic carbocycles. The molecule has 2 N–H and O–H groups in total. The van der Waals surface area contributed by atoms with Gasteiger partial charge in [-0.05, 0) is 69.5 Å². The largest absolute Gasteiger partial charge is 0.370 e. The molecule has 5 aromatic rings. The van der Waals surface area contributed by atoms with Gasteiger partial charge in [0.05, 0.1) is 35.5 Å². The molecule has 16 heteroatoms. The number of halogens is 2. The number of carbonyl (C=O) groups is 2. The molecule has 3 aliphatic rings. The molecule has 3 fully saturated rings. The molecule has 1 aromatic carbocycles. The Bertz CT molecular complexity index is 2210. The molecule has 0 atom stereocenters. The van der Waals surface area contributed by atoms with Crippen molar-refractivity contribution in [3.05, 3.63) is 78.1 Å². The van der Waals surface area contributed by atoms with Gasteiger partial charge in [0.15, 0.2) is 11.6 Å². The highest BCUT2D eigenvalue weighted by Gasteiger charge is 2.30. The highest BCUT2D eigenvalue weighted by atomic mass is 19.1. The summed E-state index contributed by atoms with van der Waals surface area (Å²) >= 11 is 0. The summed E-state index contributed by atoms with van der Waals surface area (Å²) in [5.74, 6) is -0.0971. The predicted octanol–water partition coefficient (Wildman–Crippen LogP) is 5.43. The zero-order chi connectivity index (χ0) is 38.2. The number of hydrogen-bond donors (Lipinski definition) is 2. The first-order valence-corrected chi connectivity index (χ1v) is 18.8. The van der Waals surface area contributed by atoms with Gasteiger partial charge >= 0.3 is 6.03 Å². The van der Waals surface area contributed by atoms with Gasteiger partial charge in [0.25, 0.3) is 0 Å². The number of amides is 3. The maximum atomic E-state index is 15.1. The van der Waals surface area contributed by atoms with Gasteiger partial charge in [-0.15, -0.1) is 0 Å². The van der Waals surface area contributed by atoms with Crippen LogP contribution in [0.25, 0.3) is 22.3 Å². The zero-order valence-electron chi connectivity index (χ0n) is 31.2. The number of nitrogens with one attached hydrogen (secondary N) is 2. The van der Waals surface area contributed by atoms with Crippen molar-refractivity contribution in [3.63, 3.8) is 0 Å². The van der Waals surface area contributed by atoms with E-state index in [4.69, 9.17) is 0 Å². The van der Waals surface area contributed by atoms with Crippen molar-refractivity contribution in [2.45, 2.75) is 58.7 Å². The molecule has 4 aromatic heterocycles. The van der Waals surface area contributed by atoms with Crippen molar-refractivity contribution in [2.24, 2.45) is 0 Å². The lowest BCUT2D eigenvalue weighted by atomic mass is 10.0. The van der Waals surface area contributed by atoms with E-state index in [9.17, 15) is 9.59 Å². The number of aromatic nitrogens is 6. The highest BCUT2D eigenvalue weighted by Crippen LogP contribution is 2.31. The van der Waals surface area contributed by atoms with Crippen molar-refractivity contribution in [1.29, 1.82) is 0 Å². The minimum absolute atomic E-state index is 0.0146. The van der Waals surface area contributed by atoms with Gasteiger partial charge in [-0.2, -0.15) is 0 Å². The van der Waals surface area contributed by atoms with Crippen LogP contribution in [-0.4, -0.2) is 103 Å². The van der Waals surface area contributed by atoms with E-state index in [0.717, 1.165) is 81.8 Å². The normalized spacial score (nSPS) is 17.7. The van der Waals surface area contributed by atoms with Gasteiger partial charge in [-0.25, -0.2) is 33.5 Å². The second-order valence-corrected chi connectivity index (χ2v) is 14.7. The molecule has 3 aliphatic heterocycles. The minimum atomic E-state index is -0.658. The lowest BCUT2D eigenvalue weighted by Crippen LogP contribution is -2.53. The monoisotopic (exact) mass is 750 g/mol. The van der Waals surface area contributed by atoms with E-state index >= 15 is 8.78 Å². The fourth-order valence-electron chi connectivity index (χ4n) is 8.05. The Hall–Kier alpha value is -5.61. The molecule has 286 valence electrons.